The van der Waals surface area contributed by atoms with Crippen molar-refractivity contribution in [1.29, 1.82) is 0 Å². The highest BCUT2D eigenvalue weighted by Crippen LogP contribution is 2.43. The van der Waals surface area contributed by atoms with Crippen LogP contribution in [0.5, 0.6) is 0 Å². The first-order chi connectivity index (χ1) is 12.7. The summed E-state index contributed by atoms with van der Waals surface area (Å²) >= 11 is 18.6. The van der Waals surface area contributed by atoms with Crippen LogP contribution in [0.3, 0.4) is 0 Å². The molecule has 0 bridgehead atoms. The molecule has 2 nitrogen and oxygen atoms in total. The molecule has 1 aliphatic carbocycles. The Kier molecular flexibility index (Phi) is 5.63. The van der Waals surface area contributed by atoms with Gasteiger partial charge in [-0.05, 0) is 47.7 Å². The third kappa shape index (κ3) is 3.76. The van der Waals surface area contributed by atoms with Crippen molar-refractivity contribution < 1.29 is 9.90 Å². The van der Waals surface area contributed by atoms with Crippen molar-refractivity contribution in [3.8, 4) is 11.1 Å². The Labute approximate surface area is 174 Å². The quantitative estimate of drug-likeness (QED) is 0.518. The number of halogens is 3. The van der Waals surface area contributed by atoms with Gasteiger partial charge in [-0.2, -0.15) is 0 Å². The highest BCUT2D eigenvalue weighted by molar-refractivity contribution is 6.44. The number of benzene rings is 2. The molecule has 0 saturated heterocycles. The first-order valence-corrected chi connectivity index (χ1v) is 10.0. The molecule has 2 aromatic carbocycles. The van der Waals surface area contributed by atoms with Crippen LogP contribution in [0.15, 0.2) is 36.1 Å². The minimum atomic E-state index is -0.425. The van der Waals surface area contributed by atoms with Crippen LogP contribution in [0.2, 0.25) is 15.1 Å². The summed E-state index contributed by atoms with van der Waals surface area (Å²) in [4.78, 5) is 12.7. The number of carbonyl (C=O) groups excluding carboxylic acids is 1. The van der Waals surface area contributed by atoms with E-state index < -0.39 is 5.41 Å². The second kappa shape index (κ2) is 7.50. The molecule has 0 unspecified atom stereocenters. The Morgan fingerprint density at radius 2 is 1.67 bits per heavy atom. The Bertz CT molecular complexity index is 958. The van der Waals surface area contributed by atoms with E-state index in [0.717, 1.165) is 28.7 Å². The van der Waals surface area contributed by atoms with Gasteiger partial charge in [0.2, 0.25) is 0 Å². The van der Waals surface area contributed by atoms with E-state index in [1.54, 1.807) is 12.1 Å². The molecular formula is C22H21Cl3O2. The Balaban J connectivity index is 2.25. The fourth-order valence-electron chi connectivity index (χ4n) is 3.45. The van der Waals surface area contributed by atoms with Crippen LogP contribution in [0.4, 0.5) is 0 Å². The van der Waals surface area contributed by atoms with E-state index >= 15 is 0 Å². The number of aryl methyl sites for hydroxylation is 1. The van der Waals surface area contributed by atoms with Gasteiger partial charge in [0.15, 0.2) is 5.78 Å². The molecule has 0 atom stereocenters. The van der Waals surface area contributed by atoms with Crippen LogP contribution < -0.4 is 0 Å². The summed E-state index contributed by atoms with van der Waals surface area (Å²) in [5.74, 6) is 0.129. The van der Waals surface area contributed by atoms with Gasteiger partial charge >= 0.3 is 0 Å². The molecule has 2 aromatic rings. The SMILES string of the molecule is CCc1ccc(-c2cc(Cl)c(Cl)cc2Cl)cc1C1=C(O)C(C)(C)CCC1=O. The lowest BCUT2D eigenvalue weighted by Gasteiger charge is -2.31. The molecule has 142 valence electrons. The minimum absolute atomic E-state index is 0.0288. The molecule has 1 N–H and O–H groups in total. The molecule has 0 radical (unpaired) electrons. The smallest absolute Gasteiger partial charge is 0.166 e. The Morgan fingerprint density at radius 1 is 1.00 bits per heavy atom. The largest absolute Gasteiger partial charge is 0.511 e. The lowest BCUT2D eigenvalue weighted by atomic mass is 9.74. The van der Waals surface area contributed by atoms with Crippen molar-refractivity contribution in [2.75, 3.05) is 0 Å². The predicted octanol–water partition coefficient (Wildman–Crippen LogP) is 7.53. The second-order valence-corrected chi connectivity index (χ2v) is 8.72. The molecule has 0 saturated carbocycles. The van der Waals surface area contributed by atoms with Crippen LogP contribution in [0, 0.1) is 5.41 Å². The fourth-order valence-corrected chi connectivity index (χ4v) is 4.10. The van der Waals surface area contributed by atoms with E-state index in [2.05, 4.69) is 0 Å². The van der Waals surface area contributed by atoms with Crippen molar-refractivity contribution >= 4 is 46.2 Å². The van der Waals surface area contributed by atoms with Crippen molar-refractivity contribution in [3.63, 3.8) is 0 Å². The zero-order valence-electron chi connectivity index (χ0n) is 15.5. The molecule has 5 heteroatoms. The Hall–Kier alpha value is -1.48. The zero-order chi connectivity index (χ0) is 19.9. The number of allylic oxidation sites excluding steroid dienone is 2. The van der Waals surface area contributed by atoms with Gasteiger partial charge in [0, 0.05) is 22.4 Å². The first-order valence-electron chi connectivity index (χ1n) is 8.91. The molecule has 0 amide bonds. The first kappa shape index (κ1) is 20.3. The molecule has 1 aliphatic rings. The van der Waals surface area contributed by atoms with Crippen molar-refractivity contribution in [3.05, 3.63) is 62.3 Å². The third-order valence-corrected chi connectivity index (χ3v) is 6.25. The minimum Gasteiger partial charge on any atom is -0.511 e. The monoisotopic (exact) mass is 422 g/mol. The molecule has 0 heterocycles. The summed E-state index contributed by atoms with van der Waals surface area (Å²) in [7, 11) is 0. The summed E-state index contributed by atoms with van der Waals surface area (Å²) in [5.41, 5.74) is 3.31. The lowest BCUT2D eigenvalue weighted by molar-refractivity contribution is -0.115. The number of Topliss-reactive ketones (excluding diaryl/α,β-unsaturated/α-hetero) is 1. The van der Waals surface area contributed by atoms with Gasteiger partial charge in [-0.1, -0.05) is 67.7 Å². The number of hydrogen-bond acceptors (Lipinski definition) is 2. The number of ketones is 1. The van der Waals surface area contributed by atoms with E-state index in [0.29, 0.717) is 33.5 Å². The highest BCUT2D eigenvalue weighted by Gasteiger charge is 2.35. The molecule has 0 aromatic heterocycles. The molecule has 0 aliphatic heterocycles. The summed E-state index contributed by atoms with van der Waals surface area (Å²) in [6.45, 7) is 5.95. The predicted molar refractivity (Wildman–Crippen MR) is 114 cm³/mol. The summed E-state index contributed by atoms with van der Waals surface area (Å²) in [5, 5.41) is 12.1. The maximum atomic E-state index is 12.7. The molecule has 27 heavy (non-hydrogen) atoms. The maximum absolute atomic E-state index is 12.7. The van der Waals surface area contributed by atoms with Crippen LogP contribution in [-0.2, 0) is 11.2 Å². The molecule has 3 rings (SSSR count). The summed E-state index contributed by atoms with van der Waals surface area (Å²) < 4.78 is 0. The van der Waals surface area contributed by atoms with E-state index in [9.17, 15) is 9.90 Å². The normalized spacial score (nSPS) is 16.7. The van der Waals surface area contributed by atoms with Gasteiger partial charge in [0.25, 0.3) is 0 Å². The second-order valence-electron chi connectivity index (χ2n) is 7.50. The Morgan fingerprint density at radius 3 is 2.33 bits per heavy atom. The standard InChI is InChI=1S/C22H21Cl3O2/c1-4-12-5-6-13(14-10-17(24)18(25)11-16(14)23)9-15(12)20-19(26)7-8-22(2,3)21(20)27/h5-6,9-11,27H,4,7-8H2,1-3H3. The van der Waals surface area contributed by atoms with Crippen molar-refractivity contribution in [2.24, 2.45) is 5.41 Å². The van der Waals surface area contributed by atoms with Gasteiger partial charge in [0.1, 0.15) is 5.76 Å². The number of aliphatic hydroxyl groups excluding tert-OH is 1. The van der Waals surface area contributed by atoms with Gasteiger partial charge in [-0.15, -0.1) is 0 Å². The molecule has 0 fully saturated rings. The van der Waals surface area contributed by atoms with Crippen LogP contribution >= 0.6 is 34.8 Å². The number of hydrogen-bond donors (Lipinski definition) is 1. The van der Waals surface area contributed by atoms with E-state index in [1.807, 2.05) is 39.0 Å². The lowest BCUT2D eigenvalue weighted by Crippen LogP contribution is -2.25. The van der Waals surface area contributed by atoms with Crippen LogP contribution in [0.1, 0.15) is 44.7 Å². The highest BCUT2D eigenvalue weighted by atomic mass is 35.5. The number of rotatable bonds is 3. The summed E-state index contributed by atoms with van der Waals surface area (Å²) in [6.07, 6.45) is 1.81. The van der Waals surface area contributed by atoms with E-state index in [-0.39, 0.29) is 11.5 Å². The van der Waals surface area contributed by atoms with E-state index in [1.165, 1.54) is 0 Å². The van der Waals surface area contributed by atoms with Crippen molar-refractivity contribution in [2.45, 2.75) is 40.0 Å². The van der Waals surface area contributed by atoms with Gasteiger partial charge in [-0.3, -0.25) is 4.79 Å². The maximum Gasteiger partial charge on any atom is 0.166 e. The third-order valence-electron chi connectivity index (χ3n) is 5.21. The van der Waals surface area contributed by atoms with Crippen LogP contribution in [-0.4, -0.2) is 10.9 Å². The average molecular weight is 424 g/mol. The van der Waals surface area contributed by atoms with Gasteiger partial charge in [-0.25, -0.2) is 0 Å². The van der Waals surface area contributed by atoms with Crippen LogP contribution in [0.25, 0.3) is 16.7 Å². The molecule has 0 spiro atoms. The van der Waals surface area contributed by atoms with Gasteiger partial charge in [0.05, 0.1) is 15.6 Å². The number of aliphatic hydroxyl groups is 1. The fraction of sp³-hybridized carbons (Fsp3) is 0.318. The zero-order valence-corrected chi connectivity index (χ0v) is 17.8. The average Bonchev–Trinajstić information content (AvgIpc) is 2.62. The number of carbonyl (C=O) groups is 1. The topological polar surface area (TPSA) is 37.3 Å². The summed E-state index contributed by atoms with van der Waals surface area (Å²) in [6, 6.07) is 9.16. The van der Waals surface area contributed by atoms with Gasteiger partial charge < -0.3 is 5.11 Å². The molecular weight excluding hydrogens is 403 g/mol. The van der Waals surface area contributed by atoms with Crippen molar-refractivity contribution in [1.82, 2.24) is 0 Å². The van der Waals surface area contributed by atoms with E-state index in [4.69, 9.17) is 34.8 Å².